The number of fused-ring (bicyclic) bond motifs is 1. The SMILES string of the molecule is COc1ccc(-c2cccc(C#N)c2)cc1CN(C(=O)c1sc2c(F)ccc(F)c2c1Cl)C1CCC(N(C)Cl)CC1. The van der Waals surface area contributed by atoms with Gasteiger partial charge in [0.1, 0.15) is 22.3 Å². The predicted molar refractivity (Wildman–Crippen MR) is 159 cm³/mol. The topological polar surface area (TPSA) is 56.6 Å². The number of hydrogen-bond donors (Lipinski definition) is 0. The molecule has 5 rings (SSSR count). The van der Waals surface area contributed by atoms with Gasteiger partial charge in [0.25, 0.3) is 5.91 Å². The fourth-order valence-corrected chi connectivity index (χ4v) is 7.19. The van der Waals surface area contributed by atoms with Crippen LogP contribution in [0, 0.1) is 23.0 Å². The molecule has 0 unspecified atom stereocenters. The maximum atomic E-state index is 14.7. The van der Waals surface area contributed by atoms with Crippen molar-refractivity contribution in [3.8, 4) is 22.9 Å². The highest BCUT2D eigenvalue weighted by Gasteiger charge is 2.34. The van der Waals surface area contributed by atoms with Crippen LogP contribution in [0.4, 0.5) is 8.78 Å². The average Bonchev–Trinajstić information content (AvgIpc) is 3.35. The lowest BCUT2D eigenvalue weighted by molar-refractivity contribution is 0.0589. The molecule has 5 nitrogen and oxygen atoms in total. The van der Waals surface area contributed by atoms with Crippen LogP contribution in [0.5, 0.6) is 5.75 Å². The first kappa shape index (κ1) is 29.3. The van der Waals surface area contributed by atoms with Gasteiger partial charge in [0.15, 0.2) is 0 Å². The molecule has 0 N–H and O–H groups in total. The van der Waals surface area contributed by atoms with E-state index < -0.39 is 17.5 Å². The quantitative estimate of drug-likeness (QED) is 0.196. The fraction of sp³-hybridized carbons (Fsp3) is 0.290. The first-order valence-electron chi connectivity index (χ1n) is 13.1. The van der Waals surface area contributed by atoms with Crippen LogP contribution in [0.3, 0.4) is 0 Å². The molecule has 1 fully saturated rings. The first-order chi connectivity index (χ1) is 19.7. The molecule has 1 saturated carbocycles. The van der Waals surface area contributed by atoms with Crippen LogP contribution < -0.4 is 4.74 Å². The second kappa shape index (κ2) is 12.3. The Morgan fingerprint density at radius 1 is 1.05 bits per heavy atom. The van der Waals surface area contributed by atoms with E-state index >= 15 is 0 Å². The van der Waals surface area contributed by atoms with Crippen LogP contribution in [0.1, 0.15) is 46.5 Å². The Balaban J connectivity index is 1.56. The van der Waals surface area contributed by atoms with Crippen LogP contribution in [0.25, 0.3) is 21.2 Å². The number of nitrogens with zero attached hydrogens (tertiary/aromatic N) is 3. The first-order valence-corrected chi connectivity index (χ1v) is 14.7. The van der Waals surface area contributed by atoms with Crippen molar-refractivity contribution in [3.05, 3.63) is 87.3 Å². The maximum Gasteiger partial charge on any atom is 0.266 e. The van der Waals surface area contributed by atoms with Crippen molar-refractivity contribution < 1.29 is 18.3 Å². The van der Waals surface area contributed by atoms with E-state index in [0.29, 0.717) is 24.2 Å². The molecule has 1 amide bonds. The number of methoxy groups -OCH3 is 1. The summed E-state index contributed by atoms with van der Waals surface area (Å²) in [6.45, 7) is 0.190. The van der Waals surface area contributed by atoms with E-state index in [0.717, 1.165) is 53.0 Å². The summed E-state index contributed by atoms with van der Waals surface area (Å²) >= 11 is 13.7. The molecule has 0 saturated heterocycles. The summed E-state index contributed by atoms with van der Waals surface area (Å²) in [4.78, 5) is 16.0. The summed E-state index contributed by atoms with van der Waals surface area (Å²) in [5.41, 5.74) is 3.01. The van der Waals surface area contributed by atoms with Crippen LogP contribution in [0.15, 0.2) is 54.6 Å². The molecule has 10 heteroatoms. The predicted octanol–water partition coefficient (Wildman–Crippen LogP) is 8.42. The van der Waals surface area contributed by atoms with E-state index in [1.54, 1.807) is 28.6 Å². The summed E-state index contributed by atoms with van der Waals surface area (Å²) < 4.78 is 36.6. The number of carbonyl (C=O) groups is 1. The number of benzene rings is 3. The summed E-state index contributed by atoms with van der Waals surface area (Å²) in [5.74, 6) is -1.10. The van der Waals surface area contributed by atoms with Crippen molar-refractivity contribution >= 4 is 50.7 Å². The van der Waals surface area contributed by atoms with Crippen molar-refractivity contribution in [2.75, 3.05) is 14.2 Å². The van der Waals surface area contributed by atoms with Gasteiger partial charge in [0.05, 0.1) is 33.9 Å². The van der Waals surface area contributed by atoms with E-state index in [2.05, 4.69) is 6.07 Å². The Morgan fingerprint density at radius 2 is 1.73 bits per heavy atom. The number of carbonyl (C=O) groups excluding carboxylic acids is 1. The fourth-order valence-electron chi connectivity index (χ4n) is 5.49. The zero-order chi connectivity index (χ0) is 29.3. The summed E-state index contributed by atoms with van der Waals surface area (Å²) in [5, 5.41) is 9.20. The molecule has 0 bridgehead atoms. The molecule has 0 spiro atoms. The van der Waals surface area contributed by atoms with Gasteiger partial charge in [-0.1, -0.05) is 29.8 Å². The van der Waals surface area contributed by atoms with E-state index in [-0.39, 0.29) is 38.6 Å². The molecule has 1 heterocycles. The molecule has 1 aliphatic rings. The monoisotopic (exact) mass is 613 g/mol. The van der Waals surface area contributed by atoms with Crippen molar-refractivity contribution in [1.82, 2.24) is 9.32 Å². The number of nitriles is 1. The second-order valence-electron chi connectivity index (χ2n) is 10.1. The number of halogens is 4. The molecule has 0 radical (unpaired) electrons. The minimum Gasteiger partial charge on any atom is -0.496 e. The van der Waals surface area contributed by atoms with E-state index in [1.807, 2.05) is 37.4 Å². The molecule has 3 aromatic carbocycles. The van der Waals surface area contributed by atoms with E-state index in [4.69, 9.17) is 28.1 Å². The second-order valence-corrected chi connectivity index (χ2v) is 12.0. The summed E-state index contributed by atoms with van der Waals surface area (Å²) in [6, 6.07) is 17.2. The minimum absolute atomic E-state index is 0.0164. The zero-order valence-corrected chi connectivity index (χ0v) is 24.8. The van der Waals surface area contributed by atoms with Crippen LogP contribution in [-0.2, 0) is 6.54 Å². The largest absolute Gasteiger partial charge is 0.496 e. The van der Waals surface area contributed by atoms with Gasteiger partial charge in [-0.25, -0.2) is 13.2 Å². The molecule has 1 aromatic heterocycles. The zero-order valence-electron chi connectivity index (χ0n) is 22.5. The maximum absolute atomic E-state index is 14.7. The van der Waals surface area contributed by atoms with Crippen LogP contribution in [0.2, 0.25) is 5.02 Å². The third-order valence-electron chi connectivity index (χ3n) is 7.69. The molecular formula is C31H27Cl2F2N3O2S. The van der Waals surface area contributed by atoms with Crippen molar-refractivity contribution in [2.45, 2.75) is 44.3 Å². The van der Waals surface area contributed by atoms with Crippen LogP contribution >= 0.6 is 34.7 Å². The van der Waals surface area contributed by atoms with E-state index in [9.17, 15) is 18.8 Å². The number of hydrogen-bond acceptors (Lipinski definition) is 5. The normalized spacial score (nSPS) is 17.0. The Labute approximate surface area is 251 Å². The Kier molecular flexibility index (Phi) is 8.81. The standard InChI is InChI=1S/C31H27Cl2F2N3O2S/c1-37(33)22-7-9-23(10-8-22)38(31(39)30-28(32)27-24(34)11-12-25(35)29(27)41-30)17-21-15-20(6-13-26(21)40-2)19-5-3-4-18(14-19)16-36/h3-6,11-15,22-23H,7-10,17H2,1-2H3. The highest BCUT2D eigenvalue weighted by Crippen LogP contribution is 2.41. The summed E-state index contributed by atoms with van der Waals surface area (Å²) in [7, 11) is 3.39. The third kappa shape index (κ3) is 5.91. The van der Waals surface area contributed by atoms with Crippen LogP contribution in [-0.4, -0.2) is 41.5 Å². The lowest BCUT2D eigenvalue weighted by atomic mass is 9.89. The van der Waals surface area contributed by atoms with E-state index in [1.165, 1.54) is 0 Å². The number of thiophene rings is 1. The number of rotatable bonds is 7. The van der Waals surface area contributed by atoms with Gasteiger partial charge < -0.3 is 9.64 Å². The van der Waals surface area contributed by atoms with Gasteiger partial charge in [0.2, 0.25) is 0 Å². The highest BCUT2D eigenvalue weighted by molar-refractivity contribution is 7.21. The van der Waals surface area contributed by atoms with Gasteiger partial charge in [-0.15, -0.1) is 11.3 Å². The molecule has 212 valence electrons. The Morgan fingerprint density at radius 3 is 2.39 bits per heavy atom. The van der Waals surface area contributed by atoms with Crippen molar-refractivity contribution in [3.63, 3.8) is 0 Å². The van der Waals surface area contributed by atoms with Gasteiger partial charge in [-0.3, -0.25) is 4.79 Å². The van der Waals surface area contributed by atoms with Gasteiger partial charge in [-0.05, 0) is 85.0 Å². The molecule has 0 atom stereocenters. The molecular weight excluding hydrogens is 587 g/mol. The molecule has 1 aliphatic carbocycles. The minimum atomic E-state index is -0.673. The smallest absolute Gasteiger partial charge is 0.266 e. The number of amides is 1. The van der Waals surface area contributed by atoms with Gasteiger partial charge in [-0.2, -0.15) is 5.26 Å². The summed E-state index contributed by atoms with van der Waals surface area (Å²) in [6.07, 6.45) is 2.97. The third-order valence-corrected chi connectivity index (χ3v) is 9.65. The van der Waals surface area contributed by atoms with Gasteiger partial charge >= 0.3 is 0 Å². The molecule has 4 aromatic rings. The lowest BCUT2D eigenvalue weighted by Gasteiger charge is -2.38. The van der Waals surface area contributed by atoms with Crippen molar-refractivity contribution in [1.29, 1.82) is 5.26 Å². The van der Waals surface area contributed by atoms with Crippen molar-refractivity contribution in [2.24, 2.45) is 0 Å². The Bertz CT molecular complexity index is 1640. The van der Waals surface area contributed by atoms with Gasteiger partial charge in [0, 0.05) is 31.2 Å². The lowest BCUT2D eigenvalue weighted by Crippen LogP contribution is -2.44. The Hall–Kier alpha value is -3.22. The average molecular weight is 615 g/mol. The highest BCUT2D eigenvalue weighted by atomic mass is 35.5. The number of ether oxygens (including phenoxy) is 1. The molecule has 41 heavy (non-hydrogen) atoms. The molecule has 0 aliphatic heterocycles.